The van der Waals surface area contributed by atoms with Crippen LogP contribution < -0.4 is 10.6 Å². The average Bonchev–Trinajstić information content (AvgIpc) is 2.80. The maximum absolute atomic E-state index is 11.7. The molecule has 0 saturated heterocycles. The highest BCUT2D eigenvalue weighted by molar-refractivity contribution is 5.82. The van der Waals surface area contributed by atoms with Crippen molar-refractivity contribution in [1.82, 2.24) is 25.8 Å². The van der Waals surface area contributed by atoms with Crippen LogP contribution >= 0.6 is 0 Å². The van der Waals surface area contributed by atoms with Gasteiger partial charge in [-0.2, -0.15) is 5.10 Å². The molecule has 0 radical (unpaired) electrons. The summed E-state index contributed by atoms with van der Waals surface area (Å²) in [6.07, 6.45) is 1.71. The number of nitrogens with one attached hydrogen (secondary N) is 3. The smallest absolute Gasteiger partial charge is 0.326 e. The first-order chi connectivity index (χ1) is 8.90. The summed E-state index contributed by atoms with van der Waals surface area (Å²) >= 11 is 0. The van der Waals surface area contributed by atoms with Crippen molar-refractivity contribution in [3.63, 3.8) is 0 Å². The Labute approximate surface area is 111 Å². The van der Waals surface area contributed by atoms with Crippen molar-refractivity contribution in [2.75, 3.05) is 0 Å². The van der Waals surface area contributed by atoms with Crippen LogP contribution in [0.3, 0.4) is 0 Å². The van der Waals surface area contributed by atoms with Crippen LogP contribution in [0.4, 0.5) is 4.79 Å². The van der Waals surface area contributed by atoms with Gasteiger partial charge in [-0.15, -0.1) is 0 Å². The van der Waals surface area contributed by atoms with Crippen LogP contribution in [0.1, 0.15) is 39.1 Å². The fraction of sp³-hybridized carbons (Fsp3) is 0.636. The number of carbonyl (C=O) groups is 2. The minimum absolute atomic E-state index is 0.174. The Kier molecular flexibility index (Phi) is 5.28. The summed E-state index contributed by atoms with van der Waals surface area (Å²) in [6.45, 7) is 5.51. The third kappa shape index (κ3) is 4.94. The predicted octanol–water partition coefficient (Wildman–Crippen LogP) is 0.664. The van der Waals surface area contributed by atoms with Gasteiger partial charge >= 0.3 is 12.0 Å². The van der Waals surface area contributed by atoms with Crippen molar-refractivity contribution in [3.8, 4) is 0 Å². The largest absolute Gasteiger partial charge is 0.480 e. The number of aromatic amines is 1. The lowest BCUT2D eigenvalue weighted by Gasteiger charge is -2.18. The molecule has 1 unspecified atom stereocenters. The number of rotatable bonds is 6. The molecular formula is C11H19N5O3. The fourth-order valence-electron chi connectivity index (χ4n) is 1.58. The summed E-state index contributed by atoms with van der Waals surface area (Å²) < 4.78 is 0. The molecule has 0 aromatic carbocycles. The number of aromatic nitrogens is 3. The topological polar surface area (TPSA) is 120 Å². The Morgan fingerprint density at radius 2 is 2.05 bits per heavy atom. The van der Waals surface area contributed by atoms with Gasteiger partial charge in [0.05, 0.1) is 6.04 Å². The van der Waals surface area contributed by atoms with E-state index < -0.39 is 18.0 Å². The molecule has 1 aromatic heterocycles. The molecule has 19 heavy (non-hydrogen) atoms. The first kappa shape index (κ1) is 14.9. The monoisotopic (exact) mass is 269 g/mol. The third-order valence-electron chi connectivity index (χ3n) is 2.50. The number of carboxylic acid groups (broad SMARTS) is 1. The van der Waals surface area contributed by atoms with Crippen molar-refractivity contribution in [3.05, 3.63) is 12.2 Å². The Balaban J connectivity index is 2.51. The van der Waals surface area contributed by atoms with E-state index in [1.807, 2.05) is 13.8 Å². The second-order valence-electron chi connectivity index (χ2n) is 4.73. The summed E-state index contributed by atoms with van der Waals surface area (Å²) in [6, 6.07) is -1.82. The molecule has 0 spiro atoms. The van der Waals surface area contributed by atoms with Crippen LogP contribution in [0, 0.1) is 5.92 Å². The van der Waals surface area contributed by atoms with Gasteiger partial charge in [-0.05, 0) is 19.3 Å². The van der Waals surface area contributed by atoms with Crippen LogP contribution in [0.25, 0.3) is 0 Å². The van der Waals surface area contributed by atoms with E-state index in [2.05, 4.69) is 25.8 Å². The molecule has 0 aliphatic rings. The van der Waals surface area contributed by atoms with E-state index in [4.69, 9.17) is 5.11 Å². The number of aliphatic carboxylic acids is 1. The zero-order chi connectivity index (χ0) is 14.4. The fourth-order valence-corrected chi connectivity index (χ4v) is 1.58. The van der Waals surface area contributed by atoms with E-state index in [9.17, 15) is 9.59 Å². The summed E-state index contributed by atoms with van der Waals surface area (Å²) in [5, 5.41) is 20.3. The molecule has 1 heterocycles. The number of carbonyl (C=O) groups excluding carboxylic acids is 1. The number of hydrogen-bond acceptors (Lipinski definition) is 4. The zero-order valence-corrected chi connectivity index (χ0v) is 11.2. The highest BCUT2D eigenvalue weighted by Crippen LogP contribution is 2.06. The second kappa shape index (κ2) is 6.72. The Morgan fingerprint density at radius 3 is 2.53 bits per heavy atom. The average molecular weight is 269 g/mol. The molecule has 0 bridgehead atoms. The highest BCUT2D eigenvalue weighted by atomic mass is 16.4. The van der Waals surface area contributed by atoms with E-state index in [0.29, 0.717) is 12.2 Å². The highest BCUT2D eigenvalue weighted by Gasteiger charge is 2.22. The SMILES string of the molecule is CC(C)C[C@@H](NC(=O)NC(C)c1ncn[nH]1)C(=O)O. The summed E-state index contributed by atoms with van der Waals surface area (Å²) in [4.78, 5) is 26.6. The number of H-pyrrole nitrogens is 1. The number of urea groups is 1. The molecule has 0 aliphatic heterocycles. The number of nitrogens with zero attached hydrogens (tertiary/aromatic N) is 2. The molecule has 2 amide bonds. The first-order valence-electron chi connectivity index (χ1n) is 6.05. The van der Waals surface area contributed by atoms with Crippen LogP contribution in [0.5, 0.6) is 0 Å². The molecule has 8 heteroatoms. The quantitative estimate of drug-likeness (QED) is 0.604. The molecule has 2 atom stereocenters. The van der Waals surface area contributed by atoms with Gasteiger partial charge < -0.3 is 15.7 Å². The standard InChI is InChI=1S/C11H19N5O3/c1-6(2)4-8(10(17)18)15-11(19)14-7(3)9-12-5-13-16-9/h5-8H,4H2,1-3H3,(H,17,18)(H,12,13,16)(H2,14,15,19)/t7?,8-/m1/s1. The molecule has 0 saturated carbocycles. The Bertz CT molecular complexity index is 418. The number of hydrogen-bond donors (Lipinski definition) is 4. The van der Waals surface area contributed by atoms with Crippen LogP contribution in [0.15, 0.2) is 6.33 Å². The van der Waals surface area contributed by atoms with Crippen molar-refractivity contribution in [2.24, 2.45) is 5.92 Å². The molecule has 1 aromatic rings. The van der Waals surface area contributed by atoms with Gasteiger partial charge in [0.1, 0.15) is 18.2 Å². The van der Waals surface area contributed by atoms with Crippen molar-refractivity contribution < 1.29 is 14.7 Å². The molecule has 0 fully saturated rings. The van der Waals surface area contributed by atoms with Crippen molar-refractivity contribution in [2.45, 2.75) is 39.3 Å². The lowest BCUT2D eigenvalue weighted by Crippen LogP contribution is -2.47. The van der Waals surface area contributed by atoms with Crippen LogP contribution in [-0.2, 0) is 4.79 Å². The molecule has 1 rings (SSSR count). The molecule has 106 valence electrons. The van der Waals surface area contributed by atoms with Crippen molar-refractivity contribution in [1.29, 1.82) is 0 Å². The summed E-state index contributed by atoms with van der Waals surface area (Å²) in [5.74, 6) is -0.366. The van der Waals surface area contributed by atoms with Gasteiger partial charge in [0, 0.05) is 0 Å². The van der Waals surface area contributed by atoms with E-state index in [0.717, 1.165) is 0 Å². The minimum Gasteiger partial charge on any atom is -0.480 e. The molecule has 0 aliphatic carbocycles. The van der Waals surface area contributed by atoms with Crippen LogP contribution in [0.2, 0.25) is 0 Å². The molecule has 8 nitrogen and oxygen atoms in total. The lowest BCUT2D eigenvalue weighted by molar-refractivity contribution is -0.139. The maximum atomic E-state index is 11.7. The molecular weight excluding hydrogens is 250 g/mol. The van der Waals surface area contributed by atoms with E-state index in [-0.39, 0.29) is 12.0 Å². The Hall–Kier alpha value is -2.12. The third-order valence-corrected chi connectivity index (χ3v) is 2.50. The van der Waals surface area contributed by atoms with Gasteiger partial charge in [0.15, 0.2) is 0 Å². The first-order valence-corrected chi connectivity index (χ1v) is 6.05. The zero-order valence-electron chi connectivity index (χ0n) is 11.2. The number of carboxylic acids is 1. The summed E-state index contributed by atoms with van der Waals surface area (Å²) in [7, 11) is 0. The lowest BCUT2D eigenvalue weighted by atomic mass is 10.0. The van der Waals surface area contributed by atoms with E-state index in [1.54, 1.807) is 6.92 Å². The van der Waals surface area contributed by atoms with Crippen molar-refractivity contribution >= 4 is 12.0 Å². The van der Waals surface area contributed by atoms with E-state index >= 15 is 0 Å². The second-order valence-corrected chi connectivity index (χ2v) is 4.73. The van der Waals surface area contributed by atoms with Gasteiger partial charge in [-0.1, -0.05) is 13.8 Å². The van der Waals surface area contributed by atoms with Crippen LogP contribution in [-0.4, -0.2) is 38.3 Å². The minimum atomic E-state index is -1.05. The molecule has 4 N–H and O–H groups in total. The number of amides is 2. The van der Waals surface area contributed by atoms with Gasteiger partial charge in [0.25, 0.3) is 0 Å². The Morgan fingerprint density at radius 1 is 1.37 bits per heavy atom. The van der Waals surface area contributed by atoms with Gasteiger partial charge in [-0.3, -0.25) is 5.10 Å². The van der Waals surface area contributed by atoms with Gasteiger partial charge in [0.2, 0.25) is 0 Å². The van der Waals surface area contributed by atoms with E-state index in [1.165, 1.54) is 6.33 Å². The predicted molar refractivity (Wildman–Crippen MR) is 67.3 cm³/mol. The van der Waals surface area contributed by atoms with Gasteiger partial charge in [-0.25, -0.2) is 14.6 Å². The normalized spacial score (nSPS) is 13.9. The summed E-state index contributed by atoms with van der Waals surface area (Å²) in [5.41, 5.74) is 0. The maximum Gasteiger partial charge on any atom is 0.326 e.